The first-order valence-corrected chi connectivity index (χ1v) is 7.55. The average molecular weight is 354 g/mol. The lowest BCUT2D eigenvalue weighted by molar-refractivity contribution is -0.137. The van der Waals surface area contributed by atoms with Crippen molar-refractivity contribution < 1.29 is 19.4 Å². The lowest BCUT2D eigenvalue weighted by atomic mass is 10.3. The van der Waals surface area contributed by atoms with Crippen LogP contribution < -0.4 is 10.1 Å². The predicted molar refractivity (Wildman–Crippen MR) is 83.5 cm³/mol. The van der Waals surface area contributed by atoms with E-state index in [4.69, 9.17) is 21.4 Å². The lowest BCUT2D eigenvalue weighted by Gasteiger charge is -2.08. The maximum absolute atomic E-state index is 11.8. The van der Waals surface area contributed by atoms with Gasteiger partial charge in [-0.2, -0.15) is 0 Å². The molecule has 0 aliphatic heterocycles. The zero-order valence-electron chi connectivity index (χ0n) is 12.7. The molecule has 0 radical (unpaired) electrons. The van der Waals surface area contributed by atoms with Crippen molar-refractivity contribution in [3.8, 4) is 5.75 Å². The molecule has 9 nitrogen and oxygen atoms in total. The van der Waals surface area contributed by atoms with Crippen LogP contribution in [0.1, 0.15) is 18.7 Å². The molecule has 10 heteroatoms. The molecular weight excluding hydrogens is 338 g/mol. The minimum atomic E-state index is -0.899. The van der Waals surface area contributed by atoms with Gasteiger partial charge in [-0.15, -0.1) is 5.10 Å². The molecule has 0 saturated carbocycles. The van der Waals surface area contributed by atoms with Gasteiger partial charge in [0, 0.05) is 13.0 Å². The van der Waals surface area contributed by atoms with Gasteiger partial charge in [0.1, 0.15) is 18.9 Å². The van der Waals surface area contributed by atoms with Crippen molar-refractivity contribution in [1.82, 2.24) is 25.5 Å². The number of nitrogens with zero attached hydrogens (tertiary/aromatic N) is 4. The zero-order chi connectivity index (χ0) is 17.4. The van der Waals surface area contributed by atoms with Gasteiger partial charge in [-0.25, -0.2) is 4.68 Å². The summed E-state index contributed by atoms with van der Waals surface area (Å²) in [5.74, 6) is -0.349. The number of hydrogen-bond donors (Lipinski definition) is 2. The number of carboxylic acids is 1. The Bertz CT molecular complexity index is 706. The molecule has 0 fully saturated rings. The highest BCUT2D eigenvalue weighted by Gasteiger charge is 2.12. The van der Waals surface area contributed by atoms with Gasteiger partial charge in [-0.1, -0.05) is 23.7 Å². The molecule has 2 N–H and O–H groups in total. The van der Waals surface area contributed by atoms with E-state index >= 15 is 0 Å². The Labute approximate surface area is 142 Å². The summed E-state index contributed by atoms with van der Waals surface area (Å²) in [6.07, 6.45) is 0.362. The molecule has 1 aromatic heterocycles. The number of para-hydroxylation sites is 1. The van der Waals surface area contributed by atoms with Crippen LogP contribution in [-0.4, -0.2) is 43.7 Å². The normalized spacial score (nSPS) is 10.4. The molecule has 0 aliphatic rings. The molecular formula is C14H16ClN5O4. The van der Waals surface area contributed by atoms with E-state index < -0.39 is 5.97 Å². The number of carboxylic acid groups (broad SMARTS) is 1. The molecule has 0 spiro atoms. The van der Waals surface area contributed by atoms with Crippen molar-refractivity contribution in [3.63, 3.8) is 0 Å². The maximum Gasteiger partial charge on any atom is 0.303 e. The van der Waals surface area contributed by atoms with Gasteiger partial charge in [-0.3, -0.25) is 9.59 Å². The molecule has 128 valence electrons. The number of aliphatic carboxylic acids is 1. The lowest BCUT2D eigenvalue weighted by Crippen LogP contribution is -2.30. The van der Waals surface area contributed by atoms with Crippen LogP contribution in [0.5, 0.6) is 5.75 Å². The van der Waals surface area contributed by atoms with Crippen molar-refractivity contribution >= 4 is 23.5 Å². The van der Waals surface area contributed by atoms with Crippen LogP contribution >= 0.6 is 11.6 Å². The number of rotatable bonds is 9. The molecule has 0 atom stereocenters. The van der Waals surface area contributed by atoms with Crippen LogP contribution in [0.3, 0.4) is 0 Å². The summed E-state index contributed by atoms with van der Waals surface area (Å²) in [4.78, 5) is 22.2. The van der Waals surface area contributed by atoms with Crippen LogP contribution in [0.15, 0.2) is 24.3 Å². The average Bonchev–Trinajstić information content (AvgIpc) is 2.98. The van der Waals surface area contributed by atoms with Crippen molar-refractivity contribution in [2.75, 3.05) is 6.54 Å². The van der Waals surface area contributed by atoms with Crippen LogP contribution in [-0.2, 0) is 22.7 Å². The highest BCUT2D eigenvalue weighted by Crippen LogP contribution is 2.23. The van der Waals surface area contributed by atoms with Crippen molar-refractivity contribution in [2.45, 2.75) is 26.0 Å². The standard InChI is InChI=1S/C14H16ClN5O4/c15-10-4-1-2-5-11(10)24-9-12-17-18-19-20(12)8-13(21)16-7-3-6-14(22)23/h1-2,4-5H,3,6-9H2,(H,16,21)(H,22,23). The second-order valence-electron chi connectivity index (χ2n) is 4.82. The van der Waals surface area contributed by atoms with Crippen molar-refractivity contribution in [2.24, 2.45) is 0 Å². The number of benzene rings is 1. The smallest absolute Gasteiger partial charge is 0.303 e. The molecule has 2 aromatic rings. The molecule has 1 aromatic carbocycles. The van der Waals surface area contributed by atoms with Crippen LogP contribution in [0, 0.1) is 0 Å². The van der Waals surface area contributed by atoms with Gasteiger partial charge in [0.2, 0.25) is 5.91 Å². The zero-order valence-corrected chi connectivity index (χ0v) is 13.4. The minimum absolute atomic E-state index is 0.00207. The third-order valence-electron chi connectivity index (χ3n) is 2.98. The van der Waals surface area contributed by atoms with Gasteiger partial charge < -0.3 is 15.2 Å². The molecule has 1 amide bonds. The first-order valence-electron chi connectivity index (χ1n) is 7.17. The fraction of sp³-hybridized carbons (Fsp3) is 0.357. The Balaban J connectivity index is 1.83. The fourth-order valence-electron chi connectivity index (χ4n) is 1.81. The molecule has 0 bridgehead atoms. The number of carbonyl (C=O) groups is 2. The van der Waals surface area contributed by atoms with Crippen molar-refractivity contribution in [3.05, 3.63) is 35.1 Å². The molecule has 0 saturated heterocycles. The number of ether oxygens (including phenoxy) is 1. The second-order valence-corrected chi connectivity index (χ2v) is 5.23. The Morgan fingerprint density at radius 2 is 2.12 bits per heavy atom. The molecule has 0 unspecified atom stereocenters. The first kappa shape index (κ1) is 17.7. The third-order valence-corrected chi connectivity index (χ3v) is 3.29. The quantitative estimate of drug-likeness (QED) is 0.642. The summed E-state index contributed by atoms with van der Waals surface area (Å²) in [6.45, 7) is 0.253. The number of carbonyl (C=O) groups excluding carboxylic acids is 1. The van der Waals surface area contributed by atoms with E-state index in [9.17, 15) is 9.59 Å². The monoisotopic (exact) mass is 353 g/mol. The number of halogens is 1. The van der Waals surface area contributed by atoms with Gasteiger partial charge in [0.25, 0.3) is 0 Å². The molecule has 0 aliphatic carbocycles. The second kappa shape index (κ2) is 8.82. The SMILES string of the molecule is O=C(O)CCCNC(=O)Cn1nnnc1COc1ccccc1Cl. The summed E-state index contributed by atoms with van der Waals surface area (Å²) in [5.41, 5.74) is 0. The third kappa shape index (κ3) is 5.51. The number of amides is 1. The Morgan fingerprint density at radius 3 is 2.88 bits per heavy atom. The van der Waals surface area contributed by atoms with E-state index in [0.717, 1.165) is 0 Å². The summed E-state index contributed by atoms with van der Waals surface area (Å²) >= 11 is 5.99. The number of aromatic nitrogens is 4. The predicted octanol–water partition coefficient (Wildman–Crippen LogP) is 0.887. The summed E-state index contributed by atoms with van der Waals surface area (Å²) in [6, 6.07) is 6.98. The van der Waals surface area contributed by atoms with E-state index in [1.54, 1.807) is 24.3 Å². The van der Waals surface area contributed by atoms with Crippen molar-refractivity contribution in [1.29, 1.82) is 0 Å². The summed E-state index contributed by atoms with van der Waals surface area (Å²) < 4.78 is 6.84. The molecule has 1 heterocycles. The topological polar surface area (TPSA) is 119 Å². The van der Waals surface area contributed by atoms with E-state index in [1.807, 2.05) is 0 Å². The van der Waals surface area contributed by atoms with Gasteiger partial charge in [0.05, 0.1) is 5.02 Å². The summed E-state index contributed by atoms with van der Waals surface area (Å²) in [5, 5.41) is 22.7. The highest BCUT2D eigenvalue weighted by atomic mass is 35.5. The Kier molecular flexibility index (Phi) is 6.50. The first-order chi connectivity index (χ1) is 11.6. The van der Waals surface area contributed by atoms with E-state index in [-0.39, 0.29) is 32.0 Å². The van der Waals surface area contributed by atoms with Crippen LogP contribution in [0.4, 0.5) is 0 Å². The minimum Gasteiger partial charge on any atom is -0.484 e. The highest BCUT2D eigenvalue weighted by molar-refractivity contribution is 6.32. The van der Waals surface area contributed by atoms with Crippen LogP contribution in [0.2, 0.25) is 5.02 Å². The number of hydrogen-bond acceptors (Lipinski definition) is 6. The van der Waals surface area contributed by atoms with Gasteiger partial charge >= 0.3 is 5.97 Å². The molecule has 2 rings (SSSR count). The fourth-order valence-corrected chi connectivity index (χ4v) is 2.00. The molecule has 24 heavy (non-hydrogen) atoms. The van der Waals surface area contributed by atoms with E-state index in [0.29, 0.717) is 23.0 Å². The Morgan fingerprint density at radius 1 is 1.33 bits per heavy atom. The largest absolute Gasteiger partial charge is 0.484 e. The van der Waals surface area contributed by atoms with Crippen LogP contribution in [0.25, 0.3) is 0 Å². The Hall–Kier alpha value is -2.68. The maximum atomic E-state index is 11.8. The number of tetrazole rings is 1. The van der Waals surface area contributed by atoms with Gasteiger partial charge in [-0.05, 0) is 29.0 Å². The summed E-state index contributed by atoms with van der Waals surface area (Å²) in [7, 11) is 0. The number of nitrogens with one attached hydrogen (secondary N) is 1. The van der Waals surface area contributed by atoms with E-state index in [2.05, 4.69) is 20.8 Å². The van der Waals surface area contributed by atoms with E-state index in [1.165, 1.54) is 4.68 Å². The van der Waals surface area contributed by atoms with Gasteiger partial charge in [0.15, 0.2) is 5.82 Å².